The zero-order valence-corrected chi connectivity index (χ0v) is 16.9. The second-order valence-corrected chi connectivity index (χ2v) is 7.08. The highest BCUT2D eigenvalue weighted by Crippen LogP contribution is 2.36. The van der Waals surface area contributed by atoms with Crippen molar-refractivity contribution in [1.82, 2.24) is 4.98 Å². The van der Waals surface area contributed by atoms with E-state index in [0.29, 0.717) is 34.3 Å². The molecule has 0 fully saturated rings. The minimum atomic E-state index is -0.365. The molecule has 0 amide bonds. The number of aromatic nitrogens is 1. The lowest BCUT2D eigenvalue weighted by Gasteiger charge is -2.04. The van der Waals surface area contributed by atoms with Crippen LogP contribution >= 0.6 is 11.3 Å². The van der Waals surface area contributed by atoms with Crippen molar-refractivity contribution in [2.45, 2.75) is 6.92 Å². The Morgan fingerprint density at radius 1 is 1.27 bits per heavy atom. The largest absolute Gasteiger partial charge is 0.462 e. The third-order valence-corrected chi connectivity index (χ3v) is 5.18. The molecule has 2 heterocycles. The summed E-state index contributed by atoms with van der Waals surface area (Å²) in [5, 5.41) is 15.1. The average molecular weight is 419 g/mol. The van der Waals surface area contributed by atoms with Crippen LogP contribution in [0.2, 0.25) is 0 Å². The van der Waals surface area contributed by atoms with E-state index in [4.69, 9.17) is 14.2 Å². The van der Waals surface area contributed by atoms with Gasteiger partial charge < -0.3 is 19.5 Å². The second-order valence-electron chi connectivity index (χ2n) is 6.22. The van der Waals surface area contributed by atoms with Crippen LogP contribution in [0.1, 0.15) is 22.3 Å². The van der Waals surface area contributed by atoms with Gasteiger partial charge in [0.05, 0.1) is 17.9 Å². The Balaban J connectivity index is 1.48. The van der Waals surface area contributed by atoms with E-state index in [-0.39, 0.29) is 12.8 Å². The number of thiazole rings is 1. The minimum Gasteiger partial charge on any atom is -0.462 e. The van der Waals surface area contributed by atoms with Crippen LogP contribution in [0.25, 0.3) is 16.8 Å². The van der Waals surface area contributed by atoms with Crippen LogP contribution in [-0.4, -0.2) is 24.4 Å². The Morgan fingerprint density at radius 2 is 2.07 bits per heavy atom. The summed E-state index contributed by atoms with van der Waals surface area (Å²) in [5.74, 6) is 1.03. The molecular weight excluding hydrogens is 402 g/mol. The number of allylic oxidation sites excluding steroid dienone is 1. The predicted molar refractivity (Wildman–Crippen MR) is 113 cm³/mol. The fraction of sp³-hybridized carbons (Fsp3) is 0.136. The Hall–Kier alpha value is -3.83. The van der Waals surface area contributed by atoms with E-state index >= 15 is 0 Å². The van der Waals surface area contributed by atoms with Crippen LogP contribution in [0.5, 0.6) is 11.5 Å². The van der Waals surface area contributed by atoms with E-state index in [2.05, 4.69) is 16.4 Å². The van der Waals surface area contributed by atoms with Crippen molar-refractivity contribution in [1.29, 1.82) is 5.26 Å². The number of carbonyl (C=O) groups is 1. The van der Waals surface area contributed by atoms with Crippen molar-refractivity contribution in [3.05, 3.63) is 64.6 Å². The summed E-state index contributed by atoms with van der Waals surface area (Å²) < 4.78 is 15.7. The molecule has 1 N–H and O–H groups in total. The number of ether oxygens (including phenoxy) is 3. The monoisotopic (exact) mass is 419 g/mol. The van der Waals surface area contributed by atoms with Gasteiger partial charge in [0.25, 0.3) is 0 Å². The molecular formula is C22H17N3O4S. The van der Waals surface area contributed by atoms with Crippen LogP contribution in [0.3, 0.4) is 0 Å². The molecule has 30 heavy (non-hydrogen) atoms. The van der Waals surface area contributed by atoms with Gasteiger partial charge in [-0.25, -0.2) is 9.78 Å². The average Bonchev–Trinajstić information content (AvgIpc) is 3.44. The number of hydrogen-bond acceptors (Lipinski definition) is 8. The molecule has 2 aromatic carbocycles. The Kier molecular flexibility index (Phi) is 5.63. The fourth-order valence-corrected chi connectivity index (χ4v) is 3.59. The molecule has 150 valence electrons. The standard InChI is InChI=1S/C22H17N3O4S/c1-2-27-22(26)14-3-6-17(7-4-14)24-11-16(10-23)21-25-18(12-30-21)15-5-8-19-20(9-15)29-13-28-19/h3-9,11-12,24H,2,13H2,1H3/b16-11+. The SMILES string of the molecule is CCOC(=O)c1ccc(N/C=C(\C#N)c2nc(-c3ccc4c(c3)OCO4)cs2)cc1. The quantitative estimate of drug-likeness (QED) is 0.457. The molecule has 0 spiro atoms. The number of anilines is 1. The van der Waals surface area contributed by atoms with Crippen molar-refractivity contribution in [3.63, 3.8) is 0 Å². The molecule has 3 aromatic rings. The summed E-state index contributed by atoms with van der Waals surface area (Å²) in [5.41, 5.74) is 3.26. The maximum atomic E-state index is 11.7. The lowest BCUT2D eigenvalue weighted by Crippen LogP contribution is -2.04. The topological polar surface area (TPSA) is 93.5 Å². The van der Waals surface area contributed by atoms with Crippen molar-refractivity contribution in [2.24, 2.45) is 0 Å². The molecule has 0 radical (unpaired) electrons. The number of carbonyl (C=O) groups excluding carboxylic acids is 1. The van der Waals surface area contributed by atoms with Crippen LogP contribution < -0.4 is 14.8 Å². The molecule has 4 rings (SSSR count). The number of fused-ring (bicyclic) bond motifs is 1. The first-order chi connectivity index (χ1) is 14.7. The normalized spacial score (nSPS) is 12.3. The molecule has 1 aliphatic rings. The number of nitrogens with one attached hydrogen (secondary N) is 1. The summed E-state index contributed by atoms with van der Waals surface area (Å²) in [6, 6.07) is 14.6. The molecule has 7 nitrogen and oxygen atoms in total. The molecule has 8 heteroatoms. The van der Waals surface area contributed by atoms with Gasteiger partial charge in [-0.05, 0) is 49.4 Å². The van der Waals surface area contributed by atoms with E-state index in [9.17, 15) is 10.1 Å². The lowest BCUT2D eigenvalue weighted by molar-refractivity contribution is 0.0526. The lowest BCUT2D eigenvalue weighted by atomic mass is 10.1. The third kappa shape index (κ3) is 4.11. The zero-order valence-electron chi connectivity index (χ0n) is 16.0. The summed E-state index contributed by atoms with van der Waals surface area (Å²) in [6.45, 7) is 2.31. The number of nitrogens with zero attached hydrogens (tertiary/aromatic N) is 2. The number of rotatable bonds is 6. The van der Waals surface area contributed by atoms with Gasteiger partial charge in [-0.1, -0.05) is 0 Å². The van der Waals surface area contributed by atoms with Gasteiger partial charge in [-0.15, -0.1) is 11.3 Å². The van der Waals surface area contributed by atoms with Crippen molar-refractivity contribution >= 4 is 28.6 Å². The fourth-order valence-electron chi connectivity index (χ4n) is 2.80. The summed E-state index contributed by atoms with van der Waals surface area (Å²) >= 11 is 1.38. The van der Waals surface area contributed by atoms with Crippen LogP contribution in [0.4, 0.5) is 5.69 Å². The Labute approximate surface area is 177 Å². The van der Waals surface area contributed by atoms with E-state index < -0.39 is 0 Å². The first kappa shape index (κ1) is 19.5. The molecule has 0 atom stereocenters. The molecule has 0 saturated carbocycles. The molecule has 0 aliphatic carbocycles. The van der Waals surface area contributed by atoms with Gasteiger partial charge in [0.1, 0.15) is 16.6 Å². The van der Waals surface area contributed by atoms with Gasteiger partial charge in [-0.2, -0.15) is 5.26 Å². The van der Waals surface area contributed by atoms with Gasteiger partial charge in [0.15, 0.2) is 11.5 Å². The minimum absolute atomic E-state index is 0.217. The highest BCUT2D eigenvalue weighted by molar-refractivity contribution is 7.11. The molecule has 0 unspecified atom stereocenters. The smallest absolute Gasteiger partial charge is 0.338 e. The second kappa shape index (κ2) is 8.68. The highest BCUT2D eigenvalue weighted by atomic mass is 32.1. The summed E-state index contributed by atoms with van der Waals surface area (Å²) in [4.78, 5) is 16.3. The van der Waals surface area contributed by atoms with E-state index in [0.717, 1.165) is 16.9 Å². The number of nitriles is 1. The zero-order chi connectivity index (χ0) is 20.9. The molecule has 1 aromatic heterocycles. The first-order valence-electron chi connectivity index (χ1n) is 9.18. The summed E-state index contributed by atoms with van der Waals surface area (Å²) in [7, 11) is 0. The number of hydrogen-bond donors (Lipinski definition) is 1. The molecule has 0 bridgehead atoms. The van der Waals surface area contributed by atoms with E-state index in [1.54, 1.807) is 37.4 Å². The van der Waals surface area contributed by atoms with E-state index in [1.165, 1.54) is 11.3 Å². The van der Waals surface area contributed by atoms with Crippen LogP contribution in [-0.2, 0) is 4.74 Å². The van der Waals surface area contributed by atoms with Crippen molar-refractivity contribution < 1.29 is 19.0 Å². The van der Waals surface area contributed by atoms with Crippen molar-refractivity contribution in [2.75, 3.05) is 18.7 Å². The summed E-state index contributed by atoms with van der Waals surface area (Å²) in [6.07, 6.45) is 1.60. The molecule has 1 aliphatic heterocycles. The number of esters is 1. The van der Waals surface area contributed by atoms with Crippen LogP contribution in [0.15, 0.2) is 54.0 Å². The molecule has 0 saturated heterocycles. The highest BCUT2D eigenvalue weighted by Gasteiger charge is 2.16. The van der Waals surface area contributed by atoms with E-state index in [1.807, 2.05) is 23.6 Å². The Morgan fingerprint density at radius 3 is 2.83 bits per heavy atom. The predicted octanol–water partition coefficient (Wildman–Crippen LogP) is 4.69. The van der Waals surface area contributed by atoms with Crippen molar-refractivity contribution in [3.8, 4) is 28.8 Å². The maximum Gasteiger partial charge on any atom is 0.338 e. The first-order valence-corrected chi connectivity index (χ1v) is 10.1. The Bertz CT molecular complexity index is 1150. The third-order valence-electron chi connectivity index (χ3n) is 4.30. The van der Waals surface area contributed by atoms with Gasteiger partial charge in [0, 0.05) is 22.8 Å². The van der Waals surface area contributed by atoms with Gasteiger partial charge in [0.2, 0.25) is 6.79 Å². The maximum absolute atomic E-state index is 11.7. The number of benzene rings is 2. The van der Waals surface area contributed by atoms with Gasteiger partial charge in [-0.3, -0.25) is 0 Å². The van der Waals surface area contributed by atoms with Gasteiger partial charge >= 0.3 is 5.97 Å². The van der Waals surface area contributed by atoms with Crippen LogP contribution in [0, 0.1) is 11.3 Å².